The Kier molecular flexibility index (Phi) is 4.05. The number of hydrogen-bond donors (Lipinski definition) is 2. The first kappa shape index (κ1) is 14.1. The van der Waals surface area contributed by atoms with Crippen LogP contribution in [-0.2, 0) is 14.8 Å². The van der Waals surface area contributed by atoms with Crippen molar-refractivity contribution in [2.24, 2.45) is 0 Å². The fraction of sp³-hybridized carbons (Fsp3) is 0.0714. The number of para-hydroxylation sites is 2. The summed E-state index contributed by atoms with van der Waals surface area (Å²) in [5.74, 6) is 0. The molecule has 0 fully saturated rings. The van der Waals surface area contributed by atoms with Crippen LogP contribution in [0.5, 0.6) is 0 Å². The second kappa shape index (κ2) is 5.75. The summed E-state index contributed by atoms with van der Waals surface area (Å²) in [6.07, 6.45) is 0.499. The second-order valence-electron chi connectivity index (χ2n) is 4.23. The van der Waals surface area contributed by atoms with Gasteiger partial charge >= 0.3 is 0 Å². The molecule has 0 radical (unpaired) electrons. The molecule has 0 atom stereocenters. The van der Waals surface area contributed by atoms with Crippen molar-refractivity contribution in [3.63, 3.8) is 0 Å². The maximum absolute atomic E-state index is 12.2. The number of amides is 1. The molecule has 5 nitrogen and oxygen atoms in total. The van der Waals surface area contributed by atoms with E-state index >= 15 is 0 Å². The fourth-order valence-corrected chi connectivity index (χ4v) is 2.76. The lowest BCUT2D eigenvalue weighted by Gasteiger charge is -2.11. The number of sulfonamides is 1. The fourth-order valence-electron chi connectivity index (χ4n) is 1.68. The Hall–Kier alpha value is -2.34. The van der Waals surface area contributed by atoms with Crippen LogP contribution in [0.25, 0.3) is 0 Å². The van der Waals surface area contributed by atoms with Crippen LogP contribution in [0.1, 0.15) is 5.56 Å². The summed E-state index contributed by atoms with van der Waals surface area (Å²) in [5, 5.41) is 2.45. The first-order valence-electron chi connectivity index (χ1n) is 5.91. The highest BCUT2D eigenvalue weighted by atomic mass is 32.2. The van der Waals surface area contributed by atoms with Gasteiger partial charge in [0.15, 0.2) is 0 Å². The van der Waals surface area contributed by atoms with Gasteiger partial charge in [-0.05, 0) is 31.2 Å². The van der Waals surface area contributed by atoms with Crippen molar-refractivity contribution < 1.29 is 13.2 Å². The van der Waals surface area contributed by atoms with Crippen molar-refractivity contribution in [3.05, 3.63) is 54.1 Å². The Bertz CT molecular complexity index is 709. The minimum absolute atomic E-state index is 0.170. The molecule has 20 heavy (non-hydrogen) atoms. The van der Waals surface area contributed by atoms with Crippen LogP contribution < -0.4 is 10.0 Å². The summed E-state index contributed by atoms with van der Waals surface area (Å²) in [5.41, 5.74) is 1.70. The lowest BCUT2D eigenvalue weighted by Crippen LogP contribution is -2.14. The van der Waals surface area contributed by atoms with Crippen LogP contribution in [-0.4, -0.2) is 14.8 Å². The van der Waals surface area contributed by atoms with E-state index in [-0.39, 0.29) is 4.90 Å². The van der Waals surface area contributed by atoms with Crippen LogP contribution in [0.2, 0.25) is 0 Å². The zero-order valence-corrected chi connectivity index (χ0v) is 11.6. The molecule has 0 saturated heterocycles. The molecule has 2 N–H and O–H groups in total. The zero-order valence-electron chi connectivity index (χ0n) is 10.8. The molecule has 2 aromatic carbocycles. The number of anilines is 2. The Morgan fingerprint density at radius 1 is 0.950 bits per heavy atom. The lowest BCUT2D eigenvalue weighted by molar-refractivity contribution is -0.105. The molecule has 0 saturated carbocycles. The molecule has 0 unspecified atom stereocenters. The minimum atomic E-state index is -3.68. The smallest absolute Gasteiger partial charge is 0.261 e. The van der Waals surface area contributed by atoms with Gasteiger partial charge in [0.25, 0.3) is 10.0 Å². The van der Waals surface area contributed by atoms with Crippen molar-refractivity contribution >= 4 is 27.8 Å². The van der Waals surface area contributed by atoms with Crippen molar-refractivity contribution in [1.29, 1.82) is 0 Å². The maximum atomic E-state index is 12.2. The molecule has 1 amide bonds. The van der Waals surface area contributed by atoms with Crippen molar-refractivity contribution in [2.75, 3.05) is 10.0 Å². The largest absolute Gasteiger partial charge is 0.327 e. The molecule has 0 aliphatic carbocycles. The molecular weight excluding hydrogens is 276 g/mol. The number of hydrogen-bond acceptors (Lipinski definition) is 3. The maximum Gasteiger partial charge on any atom is 0.261 e. The predicted octanol–water partition coefficient (Wildman–Crippen LogP) is 2.36. The molecule has 104 valence electrons. The molecule has 0 heterocycles. The molecule has 0 aliphatic rings. The Labute approximate surface area is 117 Å². The highest BCUT2D eigenvalue weighted by Crippen LogP contribution is 2.23. The molecule has 2 rings (SSSR count). The molecule has 6 heteroatoms. The van der Waals surface area contributed by atoms with Crippen LogP contribution in [0.3, 0.4) is 0 Å². The molecule has 0 aliphatic heterocycles. The third-order valence-corrected chi connectivity index (χ3v) is 4.10. The normalized spacial score (nSPS) is 10.8. The zero-order chi connectivity index (χ0) is 14.6. The summed E-state index contributed by atoms with van der Waals surface area (Å²) in [4.78, 5) is 10.7. The highest BCUT2D eigenvalue weighted by molar-refractivity contribution is 7.92. The van der Waals surface area contributed by atoms with Gasteiger partial charge in [-0.3, -0.25) is 9.52 Å². The minimum Gasteiger partial charge on any atom is -0.327 e. The first-order chi connectivity index (χ1) is 9.53. The Morgan fingerprint density at radius 2 is 1.55 bits per heavy atom. The summed E-state index contributed by atoms with van der Waals surface area (Å²) in [6.45, 7) is 1.88. The van der Waals surface area contributed by atoms with Gasteiger partial charge in [0.1, 0.15) is 0 Å². The summed E-state index contributed by atoms with van der Waals surface area (Å²) in [6, 6.07) is 13.1. The Morgan fingerprint density at radius 3 is 2.15 bits per heavy atom. The van der Waals surface area contributed by atoms with Gasteiger partial charge < -0.3 is 5.32 Å². The number of benzene rings is 2. The number of carbonyl (C=O) groups is 1. The third-order valence-electron chi connectivity index (χ3n) is 2.72. The number of carbonyl (C=O) groups excluding carboxylic acids is 1. The molecule has 0 aromatic heterocycles. The monoisotopic (exact) mass is 290 g/mol. The van der Waals surface area contributed by atoms with Gasteiger partial charge in [0, 0.05) is 0 Å². The Balaban J connectivity index is 2.33. The molecule has 0 bridgehead atoms. The third kappa shape index (κ3) is 3.16. The first-order valence-corrected chi connectivity index (χ1v) is 7.40. The van der Waals surface area contributed by atoms with E-state index in [0.29, 0.717) is 17.8 Å². The predicted molar refractivity (Wildman–Crippen MR) is 78.1 cm³/mol. The van der Waals surface area contributed by atoms with E-state index in [2.05, 4.69) is 10.0 Å². The lowest BCUT2D eigenvalue weighted by atomic mass is 10.2. The number of aryl methyl sites for hydroxylation is 1. The van der Waals surface area contributed by atoms with E-state index in [1.807, 2.05) is 6.92 Å². The van der Waals surface area contributed by atoms with Crippen molar-refractivity contribution in [3.8, 4) is 0 Å². The van der Waals surface area contributed by atoms with E-state index in [4.69, 9.17) is 0 Å². The van der Waals surface area contributed by atoms with Gasteiger partial charge in [-0.25, -0.2) is 8.42 Å². The van der Waals surface area contributed by atoms with Gasteiger partial charge in [-0.2, -0.15) is 0 Å². The van der Waals surface area contributed by atoms with Crippen molar-refractivity contribution in [2.45, 2.75) is 11.8 Å². The topological polar surface area (TPSA) is 75.3 Å². The summed E-state index contributed by atoms with van der Waals surface area (Å²) < 4.78 is 26.9. The van der Waals surface area contributed by atoms with E-state index in [9.17, 15) is 13.2 Å². The van der Waals surface area contributed by atoms with E-state index in [0.717, 1.165) is 5.56 Å². The number of nitrogens with one attached hydrogen (secondary N) is 2. The van der Waals surface area contributed by atoms with E-state index in [1.54, 1.807) is 36.4 Å². The van der Waals surface area contributed by atoms with Crippen LogP contribution in [0, 0.1) is 6.92 Å². The quantitative estimate of drug-likeness (QED) is 0.830. The van der Waals surface area contributed by atoms with Gasteiger partial charge in [0.2, 0.25) is 6.41 Å². The average Bonchev–Trinajstić information content (AvgIpc) is 2.41. The highest BCUT2D eigenvalue weighted by Gasteiger charge is 2.15. The summed E-state index contributed by atoms with van der Waals surface area (Å²) in [7, 11) is -3.68. The van der Waals surface area contributed by atoms with Gasteiger partial charge in [-0.15, -0.1) is 0 Å². The van der Waals surface area contributed by atoms with E-state index in [1.165, 1.54) is 12.1 Å². The van der Waals surface area contributed by atoms with E-state index < -0.39 is 10.0 Å². The molecule has 0 spiro atoms. The molecular formula is C14H14N2O3S. The average molecular weight is 290 g/mol. The van der Waals surface area contributed by atoms with Crippen LogP contribution in [0.15, 0.2) is 53.4 Å². The second-order valence-corrected chi connectivity index (χ2v) is 5.91. The van der Waals surface area contributed by atoms with Crippen LogP contribution in [0.4, 0.5) is 11.4 Å². The van der Waals surface area contributed by atoms with Gasteiger partial charge in [-0.1, -0.05) is 29.8 Å². The molecule has 2 aromatic rings. The van der Waals surface area contributed by atoms with Crippen molar-refractivity contribution in [1.82, 2.24) is 0 Å². The van der Waals surface area contributed by atoms with Crippen LogP contribution >= 0.6 is 0 Å². The SMILES string of the molecule is Cc1ccc(S(=O)(=O)Nc2ccccc2NC=O)cc1. The van der Waals surface area contributed by atoms with Gasteiger partial charge in [0.05, 0.1) is 16.3 Å². The summed E-state index contributed by atoms with van der Waals surface area (Å²) >= 11 is 0. The standard InChI is InChI=1S/C14H14N2O3S/c1-11-6-8-12(9-7-11)20(18,19)16-14-5-3-2-4-13(14)15-10-17/h2-10,16H,1H3,(H,15,17). The number of rotatable bonds is 5.